The Labute approximate surface area is 149 Å². The van der Waals surface area contributed by atoms with Gasteiger partial charge in [-0.2, -0.15) is 9.61 Å². The fraction of sp³-hybridized carbons (Fsp3) is 0.278. The normalized spacial score (nSPS) is 11.4. The van der Waals surface area contributed by atoms with Crippen LogP contribution in [-0.2, 0) is 17.8 Å². The van der Waals surface area contributed by atoms with Crippen molar-refractivity contribution in [3.05, 3.63) is 42.4 Å². The molecule has 3 heterocycles. The number of rotatable bonds is 6. The molecule has 1 N–H and O–H groups in total. The molecule has 132 valence electrons. The van der Waals surface area contributed by atoms with Crippen LogP contribution in [0.2, 0.25) is 0 Å². The molecule has 8 nitrogen and oxygen atoms in total. The molecule has 3 aromatic heterocycles. The predicted molar refractivity (Wildman–Crippen MR) is 95.8 cm³/mol. The molecule has 0 atom stereocenters. The molecule has 4 rings (SSSR count). The lowest BCUT2D eigenvalue weighted by molar-refractivity contribution is -0.137. The van der Waals surface area contributed by atoms with Crippen LogP contribution in [0.25, 0.3) is 28.1 Å². The fourth-order valence-electron chi connectivity index (χ4n) is 2.94. The number of hydrogen-bond acceptors (Lipinski definition) is 5. The summed E-state index contributed by atoms with van der Waals surface area (Å²) in [4.78, 5) is 20.4. The highest BCUT2D eigenvalue weighted by Gasteiger charge is 2.18. The molecular formula is C18H18N6O2. The lowest BCUT2D eigenvalue weighted by atomic mass is 10.2. The average Bonchev–Trinajstić information content (AvgIpc) is 3.24. The van der Waals surface area contributed by atoms with E-state index in [4.69, 9.17) is 5.11 Å². The van der Waals surface area contributed by atoms with E-state index in [0.29, 0.717) is 22.5 Å². The molecule has 0 fully saturated rings. The second-order valence-electron chi connectivity index (χ2n) is 6.10. The Hall–Kier alpha value is -3.29. The van der Waals surface area contributed by atoms with Crippen LogP contribution in [0.5, 0.6) is 0 Å². The van der Waals surface area contributed by atoms with Crippen LogP contribution in [0.15, 0.2) is 36.5 Å². The molecule has 0 aliphatic carbocycles. The third kappa shape index (κ3) is 2.79. The first kappa shape index (κ1) is 16.2. The SMILES string of the molecule is CCCCc1nc2c(cnn2CC(=O)O)c2nc(-c3ccccc3)nn12. The second kappa shape index (κ2) is 6.55. The van der Waals surface area contributed by atoms with Crippen molar-refractivity contribution >= 4 is 22.6 Å². The van der Waals surface area contributed by atoms with Gasteiger partial charge in [-0.15, -0.1) is 5.10 Å². The second-order valence-corrected chi connectivity index (χ2v) is 6.10. The van der Waals surface area contributed by atoms with Gasteiger partial charge in [-0.25, -0.2) is 14.6 Å². The molecule has 0 unspecified atom stereocenters. The van der Waals surface area contributed by atoms with Gasteiger partial charge >= 0.3 is 5.97 Å². The molecule has 0 aliphatic rings. The lowest BCUT2D eigenvalue weighted by Crippen LogP contribution is -2.12. The number of aryl methyl sites for hydroxylation is 1. The van der Waals surface area contributed by atoms with Gasteiger partial charge < -0.3 is 5.11 Å². The Morgan fingerprint density at radius 2 is 1.96 bits per heavy atom. The highest BCUT2D eigenvalue weighted by atomic mass is 16.4. The van der Waals surface area contributed by atoms with Gasteiger partial charge in [-0.1, -0.05) is 43.7 Å². The van der Waals surface area contributed by atoms with Gasteiger partial charge in [0.2, 0.25) is 0 Å². The highest BCUT2D eigenvalue weighted by Crippen LogP contribution is 2.23. The van der Waals surface area contributed by atoms with Crippen molar-refractivity contribution in [1.82, 2.24) is 29.4 Å². The molecule has 0 saturated heterocycles. The largest absolute Gasteiger partial charge is 0.480 e. The monoisotopic (exact) mass is 350 g/mol. The van der Waals surface area contributed by atoms with E-state index in [1.807, 2.05) is 30.3 Å². The summed E-state index contributed by atoms with van der Waals surface area (Å²) >= 11 is 0. The maximum Gasteiger partial charge on any atom is 0.325 e. The standard InChI is InChI=1S/C18H18N6O2/c1-2-3-9-14-20-17-13(10-19-23(17)11-15(25)26)18-21-16(22-24(14)18)12-7-5-4-6-8-12/h4-8,10H,2-3,9,11H2,1H3,(H,25,26). The van der Waals surface area contributed by atoms with Crippen molar-refractivity contribution < 1.29 is 9.90 Å². The van der Waals surface area contributed by atoms with Crippen molar-refractivity contribution in [3.8, 4) is 11.4 Å². The minimum atomic E-state index is -0.960. The number of hydrogen-bond donors (Lipinski definition) is 1. The lowest BCUT2D eigenvalue weighted by Gasteiger charge is -2.05. The summed E-state index contributed by atoms with van der Waals surface area (Å²) in [6, 6.07) is 9.75. The number of carboxylic acids is 1. The number of carbonyl (C=O) groups is 1. The number of nitrogens with zero attached hydrogens (tertiary/aromatic N) is 6. The number of aromatic nitrogens is 6. The first-order valence-corrected chi connectivity index (χ1v) is 8.55. The average molecular weight is 350 g/mol. The molecule has 0 radical (unpaired) electrons. The van der Waals surface area contributed by atoms with Gasteiger partial charge in [-0.05, 0) is 6.42 Å². The van der Waals surface area contributed by atoms with Gasteiger partial charge in [0.05, 0.1) is 11.6 Å². The van der Waals surface area contributed by atoms with Crippen LogP contribution in [0.4, 0.5) is 0 Å². The number of carboxylic acid groups (broad SMARTS) is 1. The Morgan fingerprint density at radius 3 is 2.69 bits per heavy atom. The van der Waals surface area contributed by atoms with Crippen molar-refractivity contribution in [2.45, 2.75) is 32.7 Å². The van der Waals surface area contributed by atoms with E-state index < -0.39 is 5.97 Å². The quantitative estimate of drug-likeness (QED) is 0.574. The summed E-state index contributed by atoms with van der Waals surface area (Å²) in [7, 11) is 0. The molecule has 1 aromatic carbocycles. The van der Waals surface area contributed by atoms with Crippen molar-refractivity contribution in [2.75, 3.05) is 0 Å². The zero-order valence-electron chi connectivity index (χ0n) is 14.3. The van der Waals surface area contributed by atoms with Gasteiger partial charge in [0.1, 0.15) is 12.4 Å². The van der Waals surface area contributed by atoms with E-state index in [9.17, 15) is 4.79 Å². The summed E-state index contributed by atoms with van der Waals surface area (Å²) in [6.07, 6.45) is 4.32. The zero-order chi connectivity index (χ0) is 18.1. The van der Waals surface area contributed by atoms with Crippen LogP contribution in [0.1, 0.15) is 25.6 Å². The summed E-state index contributed by atoms with van der Waals surface area (Å²) in [5.41, 5.74) is 2.10. The predicted octanol–water partition coefficient (Wildman–Crippen LogP) is 2.57. The van der Waals surface area contributed by atoms with Gasteiger partial charge in [0.15, 0.2) is 17.1 Å². The third-order valence-electron chi connectivity index (χ3n) is 4.21. The number of fused-ring (bicyclic) bond motifs is 3. The Morgan fingerprint density at radius 1 is 1.15 bits per heavy atom. The van der Waals surface area contributed by atoms with Gasteiger partial charge in [0, 0.05) is 12.0 Å². The van der Waals surface area contributed by atoms with E-state index in [1.165, 1.54) is 4.68 Å². The van der Waals surface area contributed by atoms with E-state index in [0.717, 1.165) is 30.7 Å². The first-order chi connectivity index (χ1) is 12.7. The summed E-state index contributed by atoms with van der Waals surface area (Å²) in [6.45, 7) is 1.88. The molecular weight excluding hydrogens is 332 g/mol. The van der Waals surface area contributed by atoms with Crippen LogP contribution in [0.3, 0.4) is 0 Å². The molecule has 0 amide bonds. The van der Waals surface area contributed by atoms with Crippen LogP contribution < -0.4 is 0 Å². The van der Waals surface area contributed by atoms with E-state index in [-0.39, 0.29) is 6.54 Å². The van der Waals surface area contributed by atoms with Crippen molar-refractivity contribution in [1.29, 1.82) is 0 Å². The first-order valence-electron chi connectivity index (χ1n) is 8.55. The zero-order valence-corrected chi connectivity index (χ0v) is 14.3. The Bertz CT molecular complexity index is 1080. The number of unbranched alkanes of at least 4 members (excludes halogenated alkanes) is 1. The third-order valence-corrected chi connectivity index (χ3v) is 4.21. The maximum atomic E-state index is 11.1. The highest BCUT2D eigenvalue weighted by molar-refractivity contribution is 5.90. The summed E-state index contributed by atoms with van der Waals surface area (Å²) < 4.78 is 3.15. The summed E-state index contributed by atoms with van der Waals surface area (Å²) in [5, 5.41) is 18.6. The molecule has 4 aromatic rings. The number of benzene rings is 1. The van der Waals surface area contributed by atoms with Crippen molar-refractivity contribution in [3.63, 3.8) is 0 Å². The van der Waals surface area contributed by atoms with Crippen molar-refractivity contribution in [2.24, 2.45) is 0 Å². The van der Waals surface area contributed by atoms with Crippen LogP contribution in [-0.4, -0.2) is 40.4 Å². The van der Waals surface area contributed by atoms with E-state index >= 15 is 0 Å². The topological polar surface area (TPSA) is 98.2 Å². The van der Waals surface area contributed by atoms with Gasteiger partial charge in [0.25, 0.3) is 0 Å². The maximum absolute atomic E-state index is 11.1. The minimum Gasteiger partial charge on any atom is -0.480 e. The molecule has 8 heteroatoms. The summed E-state index contributed by atoms with van der Waals surface area (Å²) in [5.74, 6) is 0.415. The van der Waals surface area contributed by atoms with Gasteiger partial charge in [-0.3, -0.25) is 4.79 Å². The Kier molecular flexibility index (Phi) is 4.08. The van der Waals surface area contributed by atoms with E-state index in [2.05, 4.69) is 27.1 Å². The molecule has 0 saturated carbocycles. The molecule has 0 spiro atoms. The smallest absolute Gasteiger partial charge is 0.325 e. The van der Waals surface area contributed by atoms with E-state index in [1.54, 1.807) is 10.7 Å². The van der Waals surface area contributed by atoms with Crippen LogP contribution in [0, 0.1) is 0 Å². The number of aliphatic carboxylic acids is 1. The van der Waals surface area contributed by atoms with Crippen LogP contribution >= 0.6 is 0 Å². The Balaban J connectivity index is 1.94. The fourth-order valence-corrected chi connectivity index (χ4v) is 2.94. The molecule has 26 heavy (non-hydrogen) atoms. The molecule has 0 aliphatic heterocycles. The minimum absolute atomic E-state index is 0.237. The molecule has 0 bridgehead atoms.